The van der Waals surface area contributed by atoms with Crippen LogP contribution in [0, 0.1) is 0 Å². The lowest BCUT2D eigenvalue weighted by atomic mass is 9.93. The van der Waals surface area contributed by atoms with Crippen LogP contribution in [0.5, 0.6) is 0 Å². The Labute approximate surface area is 126 Å². The van der Waals surface area contributed by atoms with Crippen molar-refractivity contribution in [2.45, 2.75) is 65.0 Å². The summed E-state index contributed by atoms with van der Waals surface area (Å²) >= 11 is 0. The molecule has 1 aliphatic rings. The standard InChI is InChI=1S/C17H25N4/c1-6-17(5)10-12-21-14(13-9-7-8-11-20(13)17)18-15(19-21)16(2,3)4/h7-9,11H,6,10,12H2,1-5H3/q+1. The normalized spacial score (nSPS) is 21.6. The average molecular weight is 285 g/mol. The molecule has 4 heteroatoms. The van der Waals surface area contributed by atoms with Gasteiger partial charge in [0.15, 0.2) is 17.6 Å². The summed E-state index contributed by atoms with van der Waals surface area (Å²) in [5, 5.41) is 4.77. The van der Waals surface area contributed by atoms with E-state index in [1.807, 2.05) is 0 Å². The minimum Gasteiger partial charge on any atom is -0.240 e. The van der Waals surface area contributed by atoms with Gasteiger partial charge < -0.3 is 0 Å². The number of hydrogen-bond donors (Lipinski definition) is 0. The zero-order valence-corrected chi connectivity index (χ0v) is 13.7. The Balaban J connectivity index is 2.22. The number of pyridine rings is 1. The molecule has 0 saturated carbocycles. The van der Waals surface area contributed by atoms with Crippen molar-refractivity contribution in [3.05, 3.63) is 30.2 Å². The second kappa shape index (κ2) is 4.65. The van der Waals surface area contributed by atoms with E-state index >= 15 is 0 Å². The van der Waals surface area contributed by atoms with E-state index in [-0.39, 0.29) is 11.0 Å². The number of fused-ring (bicyclic) bond motifs is 3. The van der Waals surface area contributed by atoms with Crippen LogP contribution in [-0.4, -0.2) is 14.8 Å². The van der Waals surface area contributed by atoms with Crippen molar-refractivity contribution in [3.8, 4) is 11.5 Å². The number of aromatic nitrogens is 4. The fourth-order valence-corrected chi connectivity index (χ4v) is 2.92. The van der Waals surface area contributed by atoms with Gasteiger partial charge >= 0.3 is 0 Å². The van der Waals surface area contributed by atoms with Crippen molar-refractivity contribution < 1.29 is 4.57 Å². The molecule has 0 aliphatic carbocycles. The summed E-state index contributed by atoms with van der Waals surface area (Å²) in [6, 6.07) is 6.35. The van der Waals surface area contributed by atoms with E-state index in [0.717, 1.165) is 31.0 Å². The number of aryl methyl sites for hydroxylation is 1. The predicted molar refractivity (Wildman–Crippen MR) is 82.9 cm³/mol. The highest BCUT2D eigenvalue weighted by atomic mass is 15.4. The van der Waals surface area contributed by atoms with E-state index in [1.165, 1.54) is 5.69 Å². The third-order valence-corrected chi connectivity index (χ3v) is 4.64. The van der Waals surface area contributed by atoms with Crippen molar-refractivity contribution in [1.29, 1.82) is 0 Å². The van der Waals surface area contributed by atoms with Gasteiger partial charge in [0.2, 0.25) is 5.82 Å². The molecule has 2 aromatic rings. The highest BCUT2D eigenvalue weighted by Gasteiger charge is 2.39. The van der Waals surface area contributed by atoms with Crippen LogP contribution in [0.4, 0.5) is 0 Å². The van der Waals surface area contributed by atoms with Gasteiger partial charge in [0.05, 0.1) is 6.54 Å². The van der Waals surface area contributed by atoms with Gasteiger partial charge in [-0.05, 0) is 6.07 Å². The van der Waals surface area contributed by atoms with Gasteiger partial charge in [0.1, 0.15) is 0 Å². The maximum atomic E-state index is 4.85. The van der Waals surface area contributed by atoms with Crippen LogP contribution in [0.2, 0.25) is 0 Å². The third-order valence-electron chi connectivity index (χ3n) is 4.64. The van der Waals surface area contributed by atoms with E-state index < -0.39 is 0 Å². The van der Waals surface area contributed by atoms with Crippen LogP contribution in [0.15, 0.2) is 24.4 Å². The van der Waals surface area contributed by atoms with E-state index in [1.54, 1.807) is 0 Å². The van der Waals surface area contributed by atoms with Gasteiger partial charge in [0.25, 0.3) is 5.69 Å². The monoisotopic (exact) mass is 285 g/mol. The Morgan fingerprint density at radius 1 is 1.33 bits per heavy atom. The minimum absolute atomic E-state index is 0.0210. The highest BCUT2D eigenvalue weighted by Crippen LogP contribution is 2.29. The first-order valence-corrected chi connectivity index (χ1v) is 7.82. The van der Waals surface area contributed by atoms with Crippen LogP contribution in [0.3, 0.4) is 0 Å². The van der Waals surface area contributed by atoms with Crippen LogP contribution in [0.1, 0.15) is 53.3 Å². The Morgan fingerprint density at radius 3 is 2.76 bits per heavy atom. The molecule has 4 nitrogen and oxygen atoms in total. The Bertz CT molecular complexity index is 666. The number of nitrogens with zero attached hydrogens (tertiary/aromatic N) is 4. The second-order valence-corrected chi connectivity index (χ2v) is 7.29. The van der Waals surface area contributed by atoms with Crippen LogP contribution in [-0.2, 0) is 17.5 Å². The topological polar surface area (TPSA) is 34.6 Å². The summed E-state index contributed by atoms with van der Waals surface area (Å²) in [6.45, 7) is 12.0. The molecule has 1 unspecified atom stereocenters. The summed E-state index contributed by atoms with van der Waals surface area (Å²) in [4.78, 5) is 4.85. The minimum atomic E-state index is -0.0210. The molecule has 0 N–H and O–H groups in total. The van der Waals surface area contributed by atoms with Crippen molar-refractivity contribution in [2.24, 2.45) is 0 Å². The predicted octanol–water partition coefficient (Wildman–Crippen LogP) is 3.06. The van der Waals surface area contributed by atoms with Crippen molar-refractivity contribution in [1.82, 2.24) is 14.8 Å². The van der Waals surface area contributed by atoms with Gasteiger partial charge in [-0.15, -0.1) is 0 Å². The lowest BCUT2D eigenvalue weighted by Crippen LogP contribution is -2.54. The molecule has 0 saturated heterocycles. The first-order valence-electron chi connectivity index (χ1n) is 7.82. The van der Waals surface area contributed by atoms with Gasteiger partial charge in [-0.3, -0.25) is 0 Å². The molecule has 112 valence electrons. The molecule has 1 aliphatic heterocycles. The summed E-state index contributed by atoms with van der Waals surface area (Å²) in [5.74, 6) is 1.92. The molecule has 0 bridgehead atoms. The molecule has 2 aromatic heterocycles. The molecular weight excluding hydrogens is 260 g/mol. The molecule has 0 aromatic carbocycles. The van der Waals surface area contributed by atoms with Gasteiger partial charge in [-0.25, -0.2) is 9.67 Å². The molecule has 0 amide bonds. The van der Waals surface area contributed by atoms with Gasteiger partial charge in [-0.2, -0.15) is 9.67 Å². The zero-order chi connectivity index (χ0) is 15.3. The third kappa shape index (κ3) is 2.27. The largest absolute Gasteiger partial charge is 0.250 e. The van der Waals surface area contributed by atoms with E-state index in [9.17, 15) is 0 Å². The Kier molecular flexibility index (Phi) is 3.15. The summed E-state index contributed by atoms with van der Waals surface area (Å²) < 4.78 is 4.47. The van der Waals surface area contributed by atoms with E-state index in [4.69, 9.17) is 10.1 Å². The van der Waals surface area contributed by atoms with Crippen LogP contribution >= 0.6 is 0 Å². The molecule has 3 heterocycles. The average Bonchev–Trinajstić information content (AvgIpc) is 2.85. The molecule has 21 heavy (non-hydrogen) atoms. The van der Waals surface area contributed by atoms with Crippen molar-refractivity contribution >= 4 is 0 Å². The molecule has 0 fully saturated rings. The highest BCUT2D eigenvalue weighted by molar-refractivity contribution is 5.46. The maximum absolute atomic E-state index is 4.85. The summed E-state index contributed by atoms with van der Waals surface area (Å²) in [7, 11) is 0. The van der Waals surface area contributed by atoms with E-state index in [0.29, 0.717) is 0 Å². The Hall–Kier alpha value is -1.71. The second-order valence-electron chi connectivity index (χ2n) is 7.29. The van der Waals surface area contributed by atoms with Crippen LogP contribution < -0.4 is 4.57 Å². The fraction of sp³-hybridized carbons (Fsp3) is 0.588. The lowest BCUT2D eigenvalue weighted by Gasteiger charge is -2.22. The molecule has 0 radical (unpaired) electrons. The maximum Gasteiger partial charge on any atom is 0.250 e. The number of rotatable bonds is 1. The molecule has 1 atom stereocenters. The summed E-state index contributed by atoms with van der Waals surface area (Å²) in [6.07, 6.45) is 4.36. The van der Waals surface area contributed by atoms with E-state index in [2.05, 4.69) is 68.3 Å². The zero-order valence-electron chi connectivity index (χ0n) is 13.7. The van der Waals surface area contributed by atoms with Crippen molar-refractivity contribution in [3.63, 3.8) is 0 Å². The first kappa shape index (κ1) is 14.2. The quantitative estimate of drug-likeness (QED) is 0.755. The van der Waals surface area contributed by atoms with Crippen molar-refractivity contribution in [2.75, 3.05) is 0 Å². The number of hydrogen-bond acceptors (Lipinski definition) is 2. The first-order chi connectivity index (χ1) is 9.85. The van der Waals surface area contributed by atoms with Crippen LogP contribution in [0.25, 0.3) is 11.5 Å². The molecular formula is C17H25N4+. The van der Waals surface area contributed by atoms with Gasteiger partial charge in [0, 0.05) is 37.3 Å². The SMILES string of the molecule is CCC1(C)CCn2nc(C(C)(C)C)nc2-c2cccc[n+]21. The summed E-state index contributed by atoms with van der Waals surface area (Å²) in [5.41, 5.74) is 1.27. The Morgan fingerprint density at radius 2 is 2.10 bits per heavy atom. The fourth-order valence-electron chi connectivity index (χ4n) is 2.92. The lowest BCUT2D eigenvalue weighted by molar-refractivity contribution is -0.752. The van der Waals surface area contributed by atoms with Gasteiger partial charge in [-0.1, -0.05) is 27.7 Å². The molecule has 3 rings (SSSR count). The smallest absolute Gasteiger partial charge is 0.240 e. The molecule has 0 spiro atoms.